The lowest BCUT2D eigenvalue weighted by atomic mass is 9.74. The first-order valence-corrected chi connectivity index (χ1v) is 8.70. The average molecular weight is 320 g/mol. The average Bonchev–Trinajstić information content (AvgIpc) is 3.48. The molecule has 3 aliphatic heterocycles. The van der Waals surface area contributed by atoms with Gasteiger partial charge in [0.1, 0.15) is 6.33 Å². The van der Waals surface area contributed by atoms with E-state index in [-0.39, 0.29) is 0 Å². The van der Waals surface area contributed by atoms with Gasteiger partial charge in [0.2, 0.25) is 5.91 Å². The molecule has 5 heteroatoms. The summed E-state index contributed by atoms with van der Waals surface area (Å²) in [6.07, 6.45) is 7.40. The number of piperidine rings is 1. The van der Waals surface area contributed by atoms with Crippen molar-refractivity contribution in [3.8, 4) is 11.1 Å². The maximum atomic E-state index is 12.3. The number of hydrogen-bond acceptors (Lipinski definition) is 4. The smallest absolute Gasteiger partial charge is 0.225 e. The summed E-state index contributed by atoms with van der Waals surface area (Å²) < 4.78 is 0. The van der Waals surface area contributed by atoms with Crippen LogP contribution >= 0.6 is 0 Å². The summed E-state index contributed by atoms with van der Waals surface area (Å²) in [6.45, 7) is 1.70. The van der Waals surface area contributed by atoms with Crippen LogP contribution in [0.1, 0.15) is 24.3 Å². The zero-order valence-corrected chi connectivity index (χ0v) is 13.4. The first kappa shape index (κ1) is 14.1. The Balaban J connectivity index is 1.31. The Kier molecular flexibility index (Phi) is 3.16. The fraction of sp³-hybridized carbons (Fsp3) is 0.421. The van der Waals surface area contributed by atoms with Crippen LogP contribution in [0.2, 0.25) is 0 Å². The molecule has 4 aliphatic rings. The Bertz CT molecular complexity index is 745. The lowest BCUT2D eigenvalue weighted by Gasteiger charge is -2.55. The Labute approximate surface area is 141 Å². The van der Waals surface area contributed by atoms with Gasteiger partial charge in [-0.15, -0.1) is 0 Å². The molecule has 122 valence electrons. The van der Waals surface area contributed by atoms with Crippen molar-refractivity contribution in [1.82, 2.24) is 20.2 Å². The summed E-state index contributed by atoms with van der Waals surface area (Å²) in [5.41, 5.74) is 3.54. The summed E-state index contributed by atoms with van der Waals surface area (Å²) in [7, 11) is 0. The van der Waals surface area contributed by atoms with E-state index in [0.29, 0.717) is 29.8 Å². The monoisotopic (exact) mass is 320 g/mol. The van der Waals surface area contributed by atoms with Crippen molar-refractivity contribution in [2.75, 3.05) is 13.1 Å². The van der Waals surface area contributed by atoms with Crippen LogP contribution < -0.4 is 5.32 Å². The van der Waals surface area contributed by atoms with E-state index in [1.807, 2.05) is 12.4 Å². The van der Waals surface area contributed by atoms with E-state index in [2.05, 4.69) is 44.5 Å². The number of rotatable bonds is 3. The molecule has 24 heavy (non-hydrogen) atoms. The predicted octanol–water partition coefficient (Wildman–Crippen LogP) is 1.82. The highest BCUT2D eigenvalue weighted by atomic mass is 16.2. The Morgan fingerprint density at radius 1 is 1.00 bits per heavy atom. The molecule has 3 saturated heterocycles. The van der Waals surface area contributed by atoms with Gasteiger partial charge in [0.25, 0.3) is 0 Å². The van der Waals surface area contributed by atoms with Gasteiger partial charge in [-0.05, 0) is 24.0 Å². The minimum Gasteiger partial charge on any atom is -0.339 e. The van der Waals surface area contributed by atoms with Crippen LogP contribution in [-0.2, 0) is 4.79 Å². The molecule has 0 radical (unpaired) electrons. The summed E-state index contributed by atoms with van der Waals surface area (Å²) in [5, 5.41) is 3.60. The molecule has 6 rings (SSSR count). The number of hydrogen-bond donors (Lipinski definition) is 1. The van der Waals surface area contributed by atoms with Gasteiger partial charge in [0.05, 0.1) is 0 Å². The van der Waals surface area contributed by atoms with Gasteiger partial charge in [-0.2, -0.15) is 0 Å². The molecule has 1 aromatic heterocycles. The first-order chi connectivity index (χ1) is 11.8. The van der Waals surface area contributed by atoms with Gasteiger partial charge in [0.15, 0.2) is 0 Å². The largest absolute Gasteiger partial charge is 0.339 e. The summed E-state index contributed by atoms with van der Waals surface area (Å²) in [5.74, 6) is 1.23. The van der Waals surface area contributed by atoms with Gasteiger partial charge >= 0.3 is 0 Å². The van der Waals surface area contributed by atoms with Crippen LogP contribution in [0.3, 0.4) is 0 Å². The molecule has 3 atom stereocenters. The number of carbonyl (C=O) groups excluding carboxylic acids is 1. The predicted molar refractivity (Wildman–Crippen MR) is 90.2 cm³/mol. The van der Waals surface area contributed by atoms with E-state index in [0.717, 1.165) is 37.1 Å². The van der Waals surface area contributed by atoms with Crippen LogP contribution in [-0.4, -0.2) is 45.9 Å². The molecule has 2 bridgehead atoms. The van der Waals surface area contributed by atoms with E-state index >= 15 is 0 Å². The molecule has 1 aromatic carbocycles. The van der Waals surface area contributed by atoms with Crippen LogP contribution in [0, 0.1) is 5.92 Å². The maximum absolute atomic E-state index is 12.3. The van der Waals surface area contributed by atoms with Gasteiger partial charge in [-0.25, -0.2) is 9.97 Å². The van der Waals surface area contributed by atoms with Crippen molar-refractivity contribution in [3.63, 3.8) is 0 Å². The summed E-state index contributed by atoms with van der Waals surface area (Å²) in [6, 6.07) is 9.53. The fourth-order valence-corrected chi connectivity index (χ4v) is 4.11. The van der Waals surface area contributed by atoms with Gasteiger partial charge in [-0.3, -0.25) is 4.79 Å². The highest BCUT2D eigenvalue weighted by Crippen LogP contribution is 2.39. The fourth-order valence-electron chi connectivity index (χ4n) is 4.11. The standard InChI is InChI=1S/C19H20N4O/c24-19(14-5-6-14)23-9-16-18(17(10-23)22-16)13-3-1-12(2-4-13)15-7-20-11-21-8-15/h1-4,7-8,11,14,16-18,22H,5-6,9-10H2/t16-,17+,18?. The van der Waals surface area contributed by atoms with E-state index in [1.54, 1.807) is 6.33 Å². The second-order valence-corrected chi connectivity index (χ2v) is 7.17. The van der Waals surface area contributed by atoms with E-state index < -0.39 is 0 Å². The van der Waals surface area contributed by atoms with Crippen molar-refractivity contribution in [1.29, 1.82) is 0 Å². The normalized spacial score (nSPS) is 28.3. The van der Waals surface area contributed by atoms with Crippen LogP contribution in [0.25, 0.3) is 11.1 Å². The lowest BCUT2D eigenvalue weighted by Crippen LogP contribution is -2.72. The van der Waals surface area contributed by atoms with Crippen molar-refractivity contribution in [2.45, 2.75) is 30.8 Å². The lowest BCUT2D eigenvalue weighted by molar-refractivity contribution is -0.137. The zero-order chi connectivity index (χ0) is 16.1. The molecular weight excluding hydrogens is 300 g/mol. The molecule has 1 saturated carbocycles. The molecule has 5 nitrogen and oxygen atoms in total. The third-order valence-corrected chi connectivity index (χ3v) is 5.56. The van der Waals surface area contributed by atoms with Crippen molar-refractivity contribution >= 4 is 5.91 Å². The third kappa shape index (κ3) is 2.31. The zero-order valence-electron chi connectivity index (χ0n) is 13.4. The maximum Gasteiger partial charge on any atom is 0.225 e. The van der Waals surface area contributed by atoms with Crippen LogP contribution in [0.15, 0.2) is 43.0 Å². The van der Waals surface area contributed by atoms with Gasteiger partial charge in [0, 0.05) is 55.0 Å². The quantitative estimate of drug-likeness (QED) is 0.937. The van der Waals surface area contributed by atoms with E-state index in [9.17, 15) is 4.79 Å². The van der Waals surface area contributed by atoms with Gasteiger partial charge < -0.3 is 10.2 Å². The highest BCUT2D eigenvalue weighted by molar-refractivity contribution is 5.81. The van der Waals surface area contributed by atoms with Gasteiger partial charge in [-0.1, -0.05) is 24.3 Å². The van der Waals surface area contributed by atoms with E-state index in [4.69, 9.17) is 0 Å². The first-order valence-electron chi connectivity index (χ1n) is 8.70. The Morgan fingerprint density at radius 3 is 2.29 bits per heavy atom. The SMILES string of the molecule is O=C(C1CC1)N1C[C@@H]2N[C@H](C1)C2c1ccc(-c2cncnc2)cc1. The second kappa shape index (κ2) is 5.38. The van der Waals surface area contributed by atoms with E-state index in [1.165, 1.54) is 5.56 Å². The van der Waals surface area contributed by atoms with Crippen molar-refractivity contribution < 1.29 is 4.79 Å². The van der Waals surface area contributed by atoms with Crippen LogP contribution in [0.5, 0.6) is 0 Å². The molecule has 1 aliphatic carbocycles. The number of amides is 1. The van der Waals surface area contributed by atoms with Crippen molar-refractivity contribution in [3.05, 3.63) is 48.5 Å². The molecular formula is C19H20N4O. The minimum atomic E-state index is 0.327. The summed E-state index contributed by atoms with van der Waals surface area (Å²) >= 11 is 0. The number of carbonyl (C=O) groups is 1. The molecule has 4 heterocycles. The summed E-state index contributed by atoms with van der Waals surface area (Å²) in [4.78, 5) is 22.5. The molecule has 2 aromatic rings. The number of fused-ring (bicyclic) bond motifs is 2. The molecule has 0 spiro atoms. The number of nitrogens with zero attached hydrogens (tertiary/aromatic N) is 3. The highest BCUT2D eigenvalue weighted by Gasteiger charge is 2.49. The number of benzene rings is 1. The molecule has 1 unspecified atom stereocenters. The third-order valence-electron chi connectivity index (χ3n) is 5.56. The van der Waals surface area contributed by atoms with Crippen molar-refractivity contribution in [2.24, 2.45) is 5.92 Å². The number of piperazine rings is 1. The second-order valence-electron chi connectivity index (χ2n) is 7.17. The number of nitrogens with one attached hydrogen (secondary N) is 1. The molecule has 1 amide bonds. The van der Waals surface area contributed by atoms with Crippen LogP contribution in [0.4, 0.5) is 0 Å². The minimum absolute atomic E-state index is 0.327. The number of aromatic nitrogens is 2. The Hall–Kier alpha value is -2.27. The topological polar surface area (TPSA) is 58.1 Å². The molecule has 4 fully saturated rings. The molecule has 1 N–H and O–H groups in total. The Morgan fingerprint density at radius 2 is 1.67 bits per heavy atom.